The Morgan fingerprint density at radius 1 is 1.44 bits per heavy atom. The predicted octanol–water partition coefficient (Wildman–Crippen LogP) is 2.78. The van der Waals surface area contributed by atoms with E-state index in [4.69, 9.17) is 0 Å². The smallest absolute Gasteiger partial charge is 0.103 e. The lowest BCUT2D eigenvalue weighted by atomic mass is 9.96. The van der Waals surface area contributed by atoms with Gasteiger partial charge >= 0.3 is 0 Å². The fraction of sp³-hybridized carbons (Fsp3) is 0.933. The van der Waals surface area contributed by atoms with Crippen molar-refractivity contribution in [2.45, 2.75) is 64.5 Å². The molecular formula is C15H29N3. The van der Waals surface area contributed by atoms with Gasteiger partial charge in [-0.1, -0.05) is 6.92 Å². The SMILES string of the molecule is CCNC(C)(C#N)CCCCN(C)C(C)C1CC1. The van der Waals surface area contributed by atoms with Gasteiger partial charge in [-0.15, -0.1) is 0 Å². The molecule has 1 saturated carbocycles. The minimum absolute atomic E-state index is 0.338. The van der Waals surface area contributed by atoms with Gasteiger partial charge < -0.3 is 4.90 Å². The van der Waals surface area contributed by atoms with Crippen LogP contribution in [0.3, 0.4) is 0 Å². The van der Waals surface area contributed by atoms with Crippen LogP contribution in [-0.2, 0) is 0 Å². The van der Waals surface area contributed by atoms with Crippen LogP contribution in [0.4, 0.5) is 0 Å². The van der Waals surface area contributed by atoms with Crippen molar-refractivity contribution in [2.75, 3.05) is 20.1 Å². The average Bonchev–Trinajstić information content (AvgIpc) is 3.18. The van der Waals surface area contributed by atoms with E-state index in [9.17, 15) is 5.26 Å². The topological polar surface area (TPSA) is 39.1 Å². The fourth-order valence-electron chi connectivity index (χ4n) is 2.56. The highest BCUT2D eigenvalue weighted by Gasteiger charge is 2.30. The molecule has 0 aromatic carbocycles. The third-order valence-electron chi connectivity index (χ3n) is 4.25. The van der Waals surface area contributed by atoms with E-state index >= 15 is 0 Å². The molecule has 0 saturated heterocycles. The number of hydrogen-bond donors (Lipinski definition) is 1. The molecule has 1 aliphatic carbocycles. The first-order chi connectivity index (χ1) is 8.52. The van der Waals surface area contributed by atoms with Gasteiger partial charge in [0.25, 0.3) is 0 Å². The van der Waals surface area contributed by atoms with Gasteiger partial charge in [-0.25, -0.2) is 0 Å². The number of rotatable bonds is 9. The molecule has 0 aliphatic heterocycles. The molecule has 1 rings (SSSR count). The van der Waals surface area contributed by atoms with Crippen LogP contribution in [0, 0.1) is 17.2 Å². The molecule has 0 amide bonds. The monoisotopic (exact) mass is 251 g/mol. The first-order valence-electron chi connectivity index (χ1n) is 7.39. The van der Waals surface area contributed by atoms with E-state index in [1.54, 1.807) is 0 Å². The molecule has 1 fully saturated rings. The van der Waals surface area contributed by atoms with E-state index in [0.717, 1.165) is 37.9 Å². The molecule has 0 aromatic heterocycles. The second kappa shape index (κ2) is 7.11. The van der Waals surface area contributed by atoms with Crippen LogP contribution in [-0.4, -0.2) is 36.6 Å². The van der Waals surface area contributed by atoms with E-state index in [2.05, 4.69) is 37.2 Å². The first kappa shape index (κ1) is 15.5. The minimum atomic E-state index is -0.338. The lowest BCUT2D eigenvalue weighted by Gasteiger charge is -2.26. The Hall–Kier alpha value is -0.590. The molecule has 0 aromatic rings. The summed E-state index contributed by atoms with van der Waals surface area (Å²) in [6.45, 7) is 8.43. The molecule has 1 aliphatic rings. The molecule has 1 N–H and O–H groups in total. The molecule has 104 valence electrons. The van der Waals surface area contributed by atoms with Crippen molar-refractivity contribution >= 4 is 0 Å². The summed E-state index contributed by atoms with van der Waals surface area (Å²) in [7, 11) is 2.23. The van der Waals surface area contributed by atoms with Gasteiger partial charge in [0, 0.05) is 6.04 Å². The van der Waals surface area contributed by atoms with Crippen LogP contribution < -0.4 is 5.32 Å². The number of hydrogen-bond acceptors (Lipinski definition) is 3. The number of nitriles is 1. The Balaban J connectivity index is 2.15. The molecule has 3 heteroatoms. The highest BCUT2D eigenvalue weighted by Crippen LogP contribution is 2.34. The molecule has 3 nitrogen and oxygen atoms in total. The predicted molar refractivity (Wildman–Crippen MR) is 76.4 cm³/mol. The summed E-state index contributed by atoms with van der Waals surface area (Å²) in [5.74, 6) is 0.945. The lowest BCUT2D eigenvalue weighted by molar-refractivity contribution is 0.227. The second-order valence-corrected chi connectivity index (χ2v) is 5.99. The van der Waals surface area contributed by atoms with Gasteiger partial charge in [0.15, 0.2) is 0 Å². The van der Waals surface area contributed by atoms with Crippen LogP contribution >= 0.6 is 0 Å². The Morgan fingerprint density at radius 2 is 2.11 bits per heavy atom. The van der Waals surface area contributed by atoms with Gasteiger partial charge in [0.1, 0.15) is 5.54 Å². The third-order valence-corrected chi connectivity index (χ3v) is 4.25. The summed E-state index contributed by atoms with van der Waals surface area (Å²) >= 11 is 0. The maximum Gasteiger partial charge on any atom is 0.103 e. The molecule has 0 spiro atoms. The van der Waals surface area contributed by atoms with Crippen molar-refractivity contribution in [1.29, 1.82) is 5.26 Å². The molecular weight excluding hydrogens is 222 g/mol. The first-order valence-corrected chi connectivity index (χ1v) is 7.39. The highest BCUT2D eigenvalue weighted by atomic mass is 15.1. The largest absolute Gasteiger partial charge is 0.303 e. The van der Waals surface area contributed by atoms with Crippen LogP contribution in [0.5, 0.6) is 0 Å². The Morgan fingerprint density at radius 3 is 2.61 bits per heavy atom. The Bertz CT molecular complexity index is 280. The van der Waals surface area contributed by atoms with Crippen molar-refractivity contribution < 1.29 is 0 Å². The normalized spacial score (nSPS) is 20.4. The summed E-state index contributed by atoms with van der Waals surface area (Å²) < 4.78 is 0. The van der Waals surface area contributed by atoms with Crippen molar-refractivity contribution in [2.24, 2.45) is 5.92 Å². The van der Waals surface area contributed by atoms with Crippen LogP contribution in [0.2, 0.25) is 0 Å². The zero-order valence-electron chi connectivity index (χ0n) is 12.5. The average molecular weight is 251 g/mol. The quantitative estimate of drug-likeness (QED) is 0.640. The van der Waals surface area contributed by atoms with Crippen LogP contribution in [0.1, 0.15) is 52.9 Å². The maximum absolute atomic E-state index is 9.17. The van der Waals surface area contributed by atoms with E-state index in [1.165, 1.54) is 19.3 Å². The summed E-state index contributed by atoms with van der Waals surface area (Å²) in [5.41, 5.74) is -0.338. The van der Waals surface area contributed by atoms with Crippen LogP contribution in [0.25, 0.3) is 0 Å². The standard InChI is InChI=1S/C15H29N3/c1-5-17-15(3,12-16)10-6-7-11-18(4)13(2)14-8-9-14/h13-14,17H,5-11H2,1-4H3. The molecule has 0 bridgehead atoms. The van der Waals surface area contributed by atoms with E-state index < -0.39 is 0 Å². The number of unbranched alkanes of at least 4 members (excludes halogenated alkanes) is 1. The van der Waals surface area contributed by atoms with Crippen molar-refractivity contribution in [3.05, 3.63) is 0 Å². The summed E-state index contributed by atoms with van der Waals surface area (Å²) in [6, 6.07) is 3.13. The minimum Gasteiger partial charge on any atom is -0.303 e. The Labute approximate surface area is 113 Å². The molecule has 0 radical (unpaired) electrons. The number of nitrogens with one attached hydrogen (secondary N) is 1. The Kier molecular flexibility index (Phi) is 6.11. The molecule has 18 heavy (non-hydrogen) atoms. The second-order valence-electron chi connectivity index (χ2n) is 5.99. The van der Waals surface area contributed by atoms with E-state index in [0.29, 0.717) is 0 Å². The zero-order chi connectivity index (χ0) is 13.6. The van der Waals surface area contributed by atoms with Crippen LogP contribution in [0.15, 0.2) is 0 Å². The van der Waals surface area contributed by atoms with E-state index in [1.807, 2.05) is 6.92 Å². The van der Waals surface area contributed by atoms with Gasteiger partial charge in [-0.2, -0.15) is 5.26 Å². The molecule has 2 atom stereocenters. The van der Waals surface area contributed by atoms with Gasteiger partial charge in [0.2, 0.25) is 0 Å². The highest BCUT2D eigenvalue weighted by molar-refractivity contribution is 5.03. The third kappa shape index (κ3) is 4.96. The summed E-state index contributed by atoms with van der Waals surface area (Å²) in [5, 5.41) is 12.4. The van der Waals surface area contributed by atoms with E-state index in [-0.39, 0.29) is 5.54 Å². The van der Waals surface area contributed by atoms with Gasteiger partial charge in [0.05, 0.1) is 6.07 Å². The fourth-order valence-corrected chi connectivity index (χ4v) is 2.56. The van der Waals surface area contributed by atoms with Gasteiger partial charge in [-0.05, 0) is 72.0 Å². The van der Waals surface area contributed by atoms with Crippen molar-refractivity contribution in [3.63, 3.8) is 0 Å². The summed E-state index contributed by atoms with van der Waals surface area (Å²) in [4.78, 5) is 2.48. The zero-order valence-corrected chi connectivity index (χ0v) is 12.5. The van der Waals surface area contributed by atoms with Crippen molar-refractivity contribution in [3.8, 4) is 6.07 Å². The lowest BCUT2D eigenvalue weighted by Crippen LogP contribution is -2.40. The summed E-state index contributed by atoms with van der Waals surface area (Å²) in [6.07, 6.45) is 6.09. The number of nitrogens with zero attached hydrogens (tertiary/aromatic N) is 2. The molecule has 2 unspecified atom stereocenters. The maximum atomic E-state index is 9.17. The molecule has 0 heterocycles. The van der Waals surface area contributed by atoms with Crippen molar-refractivity contribution in [1.82, 2.24) is 10.2 Å². The van der Waals surface area contributed by atoms with Gasteiger partial charge in [-0.3, -0.25) is 5.32 Å².